The number of aliphatic hydroxyl groups excluding tert-OH is 1. The van der Waals surface area contributed by atoms with Crippen molar-refractivity contribution in [3.63, 3.8) is 0 Å². The van der Waals surface area contributed by atoms with E-state index in [4.69, 9.17) is 11.5 Å². The van der Waals surface area contributed by atoms with Crippen molar-refractivity contribution in [3.05, 3.63) is 18.2 Å². The number of aromatic amines is 1. The molecule has 0 aromatic carbocycles. The van der Waals surface area contributed by atoms with Crippen molar-refractivity contribution in [2.45, 2.75) is 69.3 Å². The van der Waals surface area contributed by atoms with Gasteiger partial charge < -0.3 is 42.2 Å². The fourth-order valence-electron chi connectivity index (χ4n) is 3.67. The summed E-state index contributed by atoms with van der Waals surface area (Å²) in [5, 5.41) is 24.3. The normalized spacial score (nSPS) is 19.0. The number of carboxylic acids is 1. The van der Waals surface area contributed by atoms with Crippen LogP contribution in [0, 0.1) is 0 Å². The Kier molecular flexibility index (Phi) is 9.50. The van der Waals surface area contributed by atoms with Crippen LogP contribution in [0.3, 0.4) is 0 Å². The summed E-state index contributed by atoms with van der Waals surface area (Å²) >= 11 is 0. The first kappa shape index (κ1) is 26.7. The van der Waals surface area contributed by atoms with E-state index in [1.165, 1.54) is 19.4 Å². The van der Waals surface area contributed by atoms with E-state index in [-0.39, 0.29) is 32.2 Å². The maximum Gasteiger partial charge on any atom is 0.326 e. The molecule has 4 amide bonds. The molecule has 5 atom stereocenters. The molecule has 0 bridgehead atoms. The van der Waals surface area contributed by atoms with Crippen LogP contribution >= 0.6 is 0 Å². The Hall–Kier alpha value is -3.52. The van der Waals surface area contributed by atoms with Crippen LogP contribution in [0.15, 0.2) is 12.5 Å². The number of rotatable bonds is 12. The Bertz CT molecular complexity index is 890. The van der Waals surface area contributed by atoms with Gasteiger partial charge in [-0.3, -0.25) is 19.2 Å². The SMILES string of the molecule is CC(O)C(NC(=O)C(CCC(N)=O)NC(=O)C(N)Cc1cnc[nH]1)C(=O)N1CCCC1C(=O)O. The van der Waals surface area contributed by atoms with E-state index in [0.29, 0.717) is 12.1 Å². The van der Waals surface area contributed by atoms with Crippen LogP contribution in [0.4, 0.5) is 0 Å². The fourth-order valence-corrected chi connectivity index (χ4v) is 3.67. The van der Waals surface area contributed by atoms with Crippen LogP contribution in [-0.4, -0.2) is 91.5 Å². The van der Waals surface area contributed by atoms with Gasteiger partial charge in [0.05, 0.1) is 18.5 Å². The number of nitrogens with one attached hydrogen (secondary N) is 3. The van der Waals surface area contributed by atoms with Gasteiger partial charge in [0.1, 0.15) is 18.1 Å². The second-order valence-corrected chi connectivity index (χ2v) is 8.21. The molecule has 5 unspecified atom stereocenters. The molecule has 14 nitrogen and oxygen atoms in total. The molecule has 1 aliphatic rings. The van der Waals surface area contributed by atoms with Crippen LogP contribution < -0.4 is 22.1 Å². The molecular formula is C20H31N7O7. The minimum Gasteiger partial charge on any atom is -0.480 e. The zero-order valence-electron chi connectivity index (χ0n) is 18.8. The number of likely N-dealkylation sites (tertiary alicyclic amines) is 1. The van der Waals surface area contributed by atoms with E-state index in [1.807, 2.05) is 0 Å². The van der Waals surface area contributed by atoms with Gasteiger partial charge in [-0.2, -0.15) is 0 Å². The Morgan fingerprint density at radius 2 is 1.97 bits per heavy atom. The smallest absolute Gasteiger partial charge is 0.326 e. The Balaban J connectivity index is 2.11. The molecule has 14 heteroatoms. The van der Waals surface area contributed by atoms with E-state index < -0.39 is 59.9 Å². The Morgan fingerprint density at radius 3 is 2.53 bits per heavy atom. The molecule has 2 rings (SSSR count). The first-order valence-corrected chi connectivity index (χ1v) is 10.8. The average molecular weight is 482 g/mol. The number of nitrogens with zero attached hydrogens (tertiary/aromatic N) is 2. The van der Waals surface area contributed by atoms with E-state index in [0.717, 1.165) is 4.90 Å². The lowest BCUT2D eigenvalue weighted by atomic mass is 10.1. The lowest BCUT2D eigenvalue weighted by molar-refractivity contribution is -0.150. The second-order valence-electron chi connectivity index (χ2n) is 8.21. The van der Waals surface area contributed by atoms with Gasteiger partial charge in [-0.05, 0) is 26.2 Å². The van der Waals surface area contributed by atoms with Crippen molar-refractivity contribution in [1.29, 1.82) is 0 Å². The molecule has 188 valence electrons. The number of nitrogens with two attached hydrogens (primary N) is 2. The maximum atomic E-state index is 12.9. The van der Waals surface area contributed by atoms with E-state index in [2.05, 4.69) is 20.6 Å². The van der Waals surface area contributed by atoms with Crippen molar-refractivity contribution < 1.29 is 34.2 Å². The minimum atomic E-state index is -1.46. The summed E-state index contributed by atoms with van der Waals surface area (Å²) in [6.45, 7) is 1.44. The molecule has 2 heterocycles. The number of carboxylic acid groups (broad SMARTS) is 1. The molecule has 0 aliphatic carbocycles. The number of amides is 4. The molecular weight excluding hydrogens is 450 g/mol. The van der Waals surface area contributed by atoms with Crippen molar-refractivity contribution in [2.75, 3.05) is 6.54 Å². The number of hydrogen-bond donors (Lipinski definition) is 7. The zero-order valence-corrected chi connectivity index (χ0v) is 18.8. The lowest BCUT2D eigenvalue weighted by Crippen LogP contribution is -2.60. The molecule has 0 saturated carbocycles. The average Bonchev–Trinajstić information content (AvgIpc) is 3.45. The molecule has 1 aliphatic heterocycles. The number of H-pyrrole nitrogens is 1. The zero-order chi connectivity index (χ0) is 25.4. The van der Waals surface area contributed by atoms with Crippen LogP contribution in [0.5, 0.6) is 0 Å². The third kappa shape index (κ3) is 7.25. The largest absolute Gasteiger partial charge is 0.480 e. The van der Waals surface area contributed by atoms with Gasteiger partial charge in [0.2, 0.25) is 23.6 Å². The molecule has 1 aromatic heterocycles. The maximum absolute atomic E-state index is 12.9. The first-order chi connectivity index (χ1) is 16.0. The van der Waals surface area contributed by atoms with Gasteiger partial charge in [-0.15, -0.1) is 0 Å². The molecule has 1 fully saturated rings. The number of hydrogen-bond acceptors (Lipinski definition) is 8. The van der Waals surface area contributed by atoms with Crippen LogP contribution in [0.1, 0.15) is 38.3 Å². The Morgan fingerprint density at radius 1 is 1.26 bits per heavy atom. The summed E-state index contributed by atoms with van der Waals surface area (Å²) in [7, 11) is 0. The van der Waals surface area contributed by atoms with Crippen molar-refractivity contribution in [2.24, 2.45) is 11.5 Å². The summed E-state index contributed by atoms with van der Waals surface area (Å²) in [6, 6.07) is -4.84. The van der Waals surface area contributed by atoms with E-state index in [9.17, 15) is 34.2 Å². The molecule has 0 radical (unpaired) electrons. The number of carbonyl (C=O) groups excluding carboxylic acids is 4. The summed E-state index contributed by atoms with van der Waals surface area (Å²) in [4.78, 5) is 68.9. The van der Waals surface area contributed by atoms with Crippen LogP contribution in [0.25, 0.3) is 0 Å². The standard InChI is InChI=1S/C20H31N7O7/c1-10(28)16(19(32)27-6-2-3-14(27)20(33)34)26-18(31)13(4-5-15(22)29)25-17(30)12(21)7-11-8-23-9-24-11/h8-10,12-14,16,28H,2-7,21H2,1H3,(H2,22,29)(H,23,24)(H,25,30)(H,26,31)(H,33,34). The summed E-state index contributed by atoms with van der Waals surface area (Å²) in [6.07, 6.45) is 1.97. The minimum absolute atomic E-state index is 0.107. The molecule has 9 N–H and O–H groups in total. The number of aliphatic carboxylic acids is 1. The number of aliphatic hydroxyl groups is 1. The summed E-state index contributed by atoms with van der Waals surface area (Å²) < 4.78 is 0. The number of carbonyl (C=O) groups is 5. The van der Waals surface area contributed by atoms with Gasteiger partial charge in [-0.25, -0.2) is 9.78 Å². The number of aromatic nitrogens is 2. The van der Waals surface area contributed by atoms with Crippen molar-refractivity contribution in [3.8, 4) is 0 Å². The highest BCUT2D eigenvalue weighted by Crippen LogP contribution is 2.19. The predicted molar refractivity (Wildman–Crippen MR) is 117 cm³/mol. The molecule has 0 spiro atoms. The van der Waals surface area contributed by atoms with Gasteiger partial charge >= 0.3 is 5.97 Å². The first-order valence-electron chi connectivity index (χ1n) is 10.8. The highest BCUT2D eigenvalue weighted by atomic mass is 16.4. The highest BCUT2D eigenvalue weighted by molar-refractivity contribution is 5.94. The molecule has 1 aromatic rings. The molecule has 1 saturated heterocycles. The third-order valence-corrected chi connectivity index (χ3v) is 5.51. The van der Waals surface area contributed by atoms with Gasteiger partial charge in [0.25, 0.3) is 0 Å². The fraction of sp³-hybridized carbons (Fsp3) is 0.600. The molecule has 34 heavy (non-hydrogen) atoms. The van der Waals surface area contributed by atoms with Gasteiger partial charge in [-0.1, -0.05) is 0 Å². The second kappa shape index (κ2) is 12.1. The lowest BCUT2D eigenvalue weighted by Gasteiger charge is -2.30. The van der Waals surface area contributed by atoms with Gasteiger partial charge in [0, 0.05) is 31.3 Å². The Labute approximate surface area is 195 Å². The van der Waals surface area contributed by atoms with Crippen molar-refractivity contribution >= 4 is 29.6 Å². The predicted octanol–water partition coefficient (Wildman–Crippen LogP) is -3.03. The topological polar surface area (TPSA) is 234 Å². The van der Waals surface area contributed by atoms with E-state index >= 15 is 0 Å². The third-order valence-electron chi connectivity index (χ3n) is 5.51. The quantitative estimate of drug-likeness (QED) is 0.161. The van der Waals surface area contributed by atoms with Crippen LogP contribution in [0.2, 0.25) is 0 Å². The van der Waals surface area contributed by atoms with Gasteiger partial charge in [0.15, 0.2) is 0 Å². The van der Waals surface area contributed by atoms with Crippen LogP contribution in [-0.2, 0) is 30.4 Å². The summed E-state index contributed by atoms with van der Waals surface area (Å²) in [5.41, 5.74) is 11.7. The summed E-state index contributed by atoms with van der Waals surface area (Å²) in [5.74, 6) is -4.19. The van der Waals surface area contributed by atoms with Crippen molar-refractivity contribution in [1.82, 2.24) is 25.5 Å². The number of imidazole rings is 1. The number of primary amides is 1. The monoisotopic (exact) mass is 481 g/mol. The van der Waals surface area contributed by atoms with E-state index in [1.54, 1.807) is 0 Å². The highest BCUT2D eigenvalue weighted by Gasteiger charge is 2.40.